The molecule has 0 amide bonds. The molecule has 0 heterocycles. The molecular weight excluding hydrogens is 358 g/mol. The van der Waals surface area contributed by atoms with E-state index in [-0.39, 0.29) is 6.16 Å². The number of halogens is 1. The third kappa shape index (κ3) is 8.51. The van der Waals surface area contributed by atoms with Crippen LogP contribution >= 0.6 is 30.2 Å². The summed E-state index contributed by atoms with van der Waals surface area (Å²) in [6.07, 6.45) is 0.946. The van der Waals surface area contributed by atoms with E-state index in [1.807, 2.05) is 13.8 Å². The van der Waals surface area contributed by atoms with Gasteiger partial charge in [0.15, 0.2) is 0 Å². The average Bonchev–Trinajstić information content (AvgIpc) is 2.25. The Balaban J connectivity index is 4.17. The van der Waals surface area contributed by atoms with E-state index in [4.69, 9.17) is 19.3 Å². The molecule has 5 nitrogen and oxygen atoms in total. The fourth-order valence-corrected chi connectivity index (χ4v) is 3.17. The molecule has 2 N–H and O–H groups in total. The lowest BCUT2D eigenvalue weighted by Gasteiger charge is -2.32. The van der Waals surface area contributed by atoms with E-state index < -0.39 is 13.2 Å². The average molecular weight is 380 g/mol. The van der Waals surface area contributed by atoms with Crippen LogP contribution in [0, 0.1) is 0 Å². The van der Waals surface area contributed by atoms with Crippen molar-refractivity contribution < 1.29 is 23.8 Å². The van der Waals surface area contributed by atoms with Gasteiger partial charge in [0.1, 0.15) is 0 Å². The predicted molar refractivity (Wildman–Crippen MR) is 75.9 cm³/mol. The lowest BCUT2D eigenvalue weighted by Crippen LogP contribution is -2.36. The molecule has 17 heavy (non-hydrogen) atoms. The van der Waals surface area contributed by atoms with Crippen LogP contribution in [0.5, 0.6) is 0 Å². The third-order valence-electron chi connectivity index (χ3n) is 2.64. The number of alkyl halides is 1. The summed E-state index contributed by atoms with van der Waals surface area (Å²) in [5.41, 5.74) is -0.729. The quantitative estimate of drug-likeness (QED) is 0.263. The highest BCUT2D eigenvalue weighted by molar-refractivity contribution is 14.1. The van der Waals surface area contributed by atoms with Gasteiger partial charge in [0.05, 0.1) is 31.6 Å². The first kappa shape index (κ1) is 17.8. The fraction of sp³-hybridized carbons (Fsp3) is 1.00. The molecule has 0 saturated heterocycles. The zero-order valence-electron chi connectivity index (χ0n) is 10.4. The van der Waals surface area contributed by atoms with Gasteiger partial charge in [-0.2, -0.15) is 0 Å². The minimum Gasteiger partial charge on any atom is -0.378 e. The van der Waals surface area contributed by atoms with Crippen molar-refractivity contribution in [3.63, 3.8) is 0 Å². The summed E-state index contributed by atoms with van der Waals surface area (Å²) >= 11 is 2.22. The maximum atomic E-state index is 11.1. The molecule has 0 radical (unpaired) electrons. The zero-order valence-corrected chi connectivity index (χ0v) is 13.4. The molecule has 0 fully saturated rings. The molecule has 0 atom stereocenters. The van der Waals surface area contributed by atoms with Gasteiger partial charge in [-0.25, -0.2) is 0 Å². The van der Waals surface area contributed by atoms with Crippen LogP contribution in [-0.2, 0) is 14.0 Å². The molecule has 7 heteroatoms. The Kier molecular flexibility index (Phi) is 9.24. The second-order valence-electron chi connectivity index (χ2n) is 3.86. The molecule has 0 aliphatic heterocycles. The summed E-state index contributed by atoms with van der Waals surface area (Å²) in [4.78, 5) is 18.1. The van der Waals surface area contributed by atoms with Crippen molar-refractivity contribution in [1.82, 2.24) is 0 Å². The monoisotopic (exact) mass is 380 g/mol. The first-order valence-electron chi connectivity index (χ1n) is 5.71. The number of rotatable bonds is 10. The summed E-state index contributed by atoms with van der Waals surface area (Å²) < 4.78 is 22.9. The Morgan fingerprint density at radius 1 is 1.18 bits per heavy atom. The van der Waals surface area contributed by atoms with Gasteiger partial charge in [0, 0.05) is 4.43 Å². The standard InChI is InChI=1S/C10H22IO5P/c1-3-10(4-2,9-17(12,13)14)16-8-7-15-6-5-11/h3-9H2,1-2H3,(H2,12,13,14). The Morgan fingerprint density at radius 2 is 1.76 bits per heavy atom. The highest BCUT2D eigenvalue weighted by atomic mass is 127. The molecular formula is C10H22IO5P. The Hall–Kier alpha value is 0.800. The van der Waals surface area contributed by atoms with E-state index in [0.717, 1.165) is 4.43 Å². The molecule has 0 bridgehead atoms. The van der Waals surface area contributed by atoms with Crippen molar-refractivity contribution in [2.45, 2.75) is 32.3 Å². The van der Waals surface area contributed by atoms with E-state index in [2.05, 4.69) is 22.6 Å². The highest BCUT2D eigenvalue weighted by Gasteiger charge is 2.34. The number of ether oxygens (including phenoxy) is 2. The van der Waals surface area contributed by atoms with E-state index >= 15 is 0 Å². The lowest BCUT2D eigenvalue weighted by molar-refractivity contribution is -0.0592. The van der Waals surface area contributed by atoms with E-state index in [0.29, 0.717) is 32.7 Å². The number of hydrogen-bond donors (Lipinski definition) is 2. The molecule has 0 unspecified atom stereocenters. The number of hydrogen-bond acceptors (Lipinski definition) is 3. The van der Waals surface area contributed by atoms with Crippen LogP contribution in [0.3, 0.4) is 0 Å². The maximum Gasteiger partial charge on any atom is 0.328 e. The van der Waals surface area contributed by atoms with Crippen LogP contribution in [0.1, 0.15) is 26.7 Å². The van der Waals surface area contributed by atoms with Crippen molar-refractivity contribution in [1.29, 1.82) is 0 Å². The zero-order chi connectivity index (χ0) is 13.4. The molecule has 0 aliphatic carbocycles. The van der Waals surface area contributed by atoms with Crippen LogP contribution in [0.2, 0.25) is 0 Å². The second-order valence-corrected chi connectivity index (χ2v) is 6.59. The summed E-state index contributed by atoms with van der Waals surface area (Å²) in [5, 5.41) is 0. The fourth-order valence-electron chi connectivity index (χ4n) is 1.57. The summed E-state index contributed by atoms with van der Waals surface area (Å²) in [6.45, 7) is 5.27. The van der Waals surface area contributed by atoms with E-state index in [9.17, 15) is 4.57 Å². The topological polar surface area (TPSA) is 76.0 Å². The van der Waals surface area contributed by atoms with Crippen LogP contribution < -0.4 is 0 Å². The first-order valence-corrected chi connectivity index (χ1v) is 9.03. The van der Waals surface area contributed by atoms with Crippen molar-refractivity contribution in [3.8, 4) is 0 Å². The maximum absolute atomic E-state index is 11.1. The minimum atomic E-state index is -4.05. The Morgan fingerprint density at radius 3 is 2.18 bits per heavy atom. The Bertz CT molecular complexity index is 239. The SMILES string of the molecule is CCC(CC)(CP(=O)(O)O)OCCOCCI. The van der Waals surface area contributed by atoms with Crippen LogP contribution in [0.15, 0.2) is 0 Å². The third-order valence-corrected chi connectivity index (χ3v) is 4.07. The lowest BCUT2D eigenvalue weighted by atomic mass is 10.00. The molecule has 0 rings (SSSR count). The van der Waals surface area contributed by atoms with Gasteiger partial charge in [-0.05, 0) is 12.8 Å². The van der Waals surface area contributed by atoms with Gasteiger partial charge in [0.2, 0.25) is 0 Å². The van der Waals surface area contributed by atoms with Crippen molar-refractivity contribution in [2.24, 2.45) is 0 Å². The smallest absolute Gasteiger partial charge is 0.328 e. The van der Waals surface area contributed by atoms with Crippen molar-refractivity contribution in [2.75, 3.05) is 30.4 Å². The molecule has 0 spiro atoms. The second kappa shape index (κ2) is 8.82. The van der Waals surface area contributed by atoms with Gasteiger partial charge in [-0.1, -0.05) is 36.4 Å². The van der Waals surface area contributed by atoms with Crippen LogP contribution in [-0.4, -0.2) is 45.8 Å². The molecule has 0 aromatic rings. The van der Waals surface area contributed by atoms with Crippen molar-refractivity contribution in [3.05, 3.63) is 0 Å². The molecule has 0 aromatic heterocycles. The first-order chi connectivity index (χ1) is 7.89. The normalized spacial score (nSPS) is 13.0. The van der Waals surface area contributed by atoms with Gasteiger partial charge in [-0.3, -0.25) is 4.57 Å². The summed E-state index contributed by atoms with van der Waals surface area (Å²) in [6, 6.07) is 0. The minimum absolute atomic E-state index is 0.223. The Labute approximate surface area is 117 Å². The molecule has 104 valence electrons. The van der Waals surface area contributed by atoms with E-state index in [1.54, 1.807) is 0 Å². The van der Waals surface area contributed by atoms with Crippen molar-refractivity contribution >= 4 is 30.2 Å². The van der Waals surface area contributed by atoms with Gasteiger partial charge in [-0.15, -0.1) is 0 Å². The van der Waals surface area contributed by atoms with Gasteiger partial charge in [0.25, 0.3) is 0 Å². The van der Waals surface area contributed by atoms with E-state index in [1.165, 1.54) is 0 Å². The largest absolute Gasteiger partial charge is 0.378 e. The van der Waals surface area contributed by atoms with Crippen LogP contribution in [0.25, 0.3) is 0 Å². The molecule has 0 saturated carbocycles. The predicted octanol–water partition coefficient (Wildman–Crippen LogP) is 2.19. The van der Waals surface area contributed by atoms with Gasteiger partial charge < -0.3 is 19.3 Å². The summed E-state index contributed by atoms with van der Waals surface area (Å²) in [7, 11) is -4.05. The highest BCUT2D eigenvalue weighted by Crippen LogP contribution is 2.42. The molecule has 0 aliphatic rings. The van der Waals surface area contributed by atoms with Gasteiger partial charge >= 0.3 is 7.60 Å². The molecule has 0 aromatic carbocycles. The summed E-state index contributed by atoms with van der Waals surface area (Å²) in [5.74, 6) is 0. The van der Waals surface area contributed by atoms with Crippen LogP contribution in [0.4, 0.5) is 0 Å².